The highest BCUT2D eigenvalue weighted by atomic mass is 35.5. The molecule has 0 spiro atoms. The Morgan fingerprint density at radius 3 is 2.57 bits per heavy atom. The molecule has 0 aromatic heterocycles. The zero-order valence-corrected chi connectivity index (χ0v) is 13.2. The molecule has 0 fully saturated rings. The second-order valence-corrected chi connectivity index (χ2v) is 5.63. The molecule has 110 valence electrons. The van der Waals surface area contributed by atoms with E-state index in [1.807, 2.05) is 26.0 Å². The Morgan fingerprint density at radius 2 is 1.95 bits per heavy atom. The predicted octanol–water partition coefficient (Wildman–Crippen LogP) is 5.17. The van der Waals surface area contributed by atoms with Gasteiger partial charge in [0.25, 0.3) is 0 Å². The van der Waals surface area contributed by atoms with Crippen molar-refractivity contribution in [1.29, 1.82) is 0 Å². The van der Waals surface area contributed by atoms with Crippen molar-refractivity contribution in [2.45, 2.75) is 19.9 Å². The molecule has 3 nitrogen and oxygen atoms in total. The number of carbonyl (C=O) groups is 1. The molecular formula is C16H15Cl2NO2. The molecule has 0 aliphatic carbocycles. The lowest BCUT2D eigenvalue weighted by molar-refractivity contribution is 0.0697. The monoisotopic (exact) mass is 323 g/mol. The minimum Gasteiger partial charge on any atom is -0.478 e. The van der Waals surface area contributed by atoms with Crippen LogP contribution in [0, 0.1) is 6.92 Å². The average Bonchev–Trinajstić information content (AvgIpc) is 2.43. The highest BCUT2D eigenvalue weighted by molar-refractivity contribution is 6.42. The summed E-state index contributed by atoms with van der Waals surface area (Å²) in [5.41, 5.74) is 2.89. The first-order valence-electron chi connectivity index (χ1n) is 6.44. The molecular weight excluding hydrogens is 309 g/mol. The fourth-order valence-corrected chi connectivity index (χ4v) is 2.60. The number of aromatic carboxylic acids is 1. The van der Waals surface area contributed by atoms with Crippen LogP contribution in [0.1, 0.15) is 34.5 Å². The van der Waals surface area contributed by atoms with E-state index in [1.54, 1.807) is 24.3 Å². The quantitative estimate of drug-likeness (QED) is 0.815. The molecule has 2 aromatic carbocycles. The van der Waals surface area contributed by atoms with Gasteiger partial charge in [0.2, 0.25) is 0 Å². The van der Waals surface area contributed by atoms with E-state index in [1.165, 1.54) is 0 Å². The van der Waals surface area contributed by atoms with Gasteiger partial charge in [-0.15, -0.1) is 0 Å². The summed E-state index contributed by atoms with van der Waals surface area (Å²) in [5, 5.41) is 13.3. The molecule has 0 heterocycles. The van der Waals surface area contributed by atoms with E-state index in [9.17, 15) is 4.79 Å². The molecule has 2 rings (SSSR count). The number of benzene rings is 2. The van der Waals surface area contributed by atoms with Crippen molar-refractivity contribution in [3.05, 3.63) is 63.1 Å². The van der Waals surface area contributed by atoms with Crippen LogP contribution in [0.5, 0.6) is 0 Å². The number of nitrogens with one attached hydrogen (secondary N) is 1. The SMILES string of the molecule is Cc1cc(C(=O)O)ccc1NC(C)c1cccc(Cl)c1Cl. The molecule has 1 atom stereocenters. The molecule has 0 bridgehead atoms. The highest BCUT2D eigenvalue weighted by Gasteiger charge is 2.13. The van der Waals surface area contributed by atoms with Gasteiger partial charge >= 0.3 is 5.97 Å². The van der Waals surface area contributed by atoms with Gasteiger partial charge in [0.15, 0.2) is 0 Å². The van der Waals surface area contributed by atoms with Gasteiger partial charge in [0.05, 0.1) is 21.7 Å². The van der Waals surface area contributed by atoms with Gasteiger partial charge < -0.3 is 10.4 Å². The standard InChI is InChI=1S/C16H15Cl2NO2/c1-9-8-11(16(20)21)6-7-14(9)19-10(2)12-4-3-5-13(17)15(12)18/h3-8,10,19H,1-2H3,(H,20,21). The van der Waals surface area contributed by atoms with Crippen LogP contribution in [0.25, 0.3) is 0 Å². The van der Waals surface area contributed by atoms with Gasteiger partial charge in [-0.3, -0.25) is 0 Å². The Balaban J connectivity index is 2.25. The van der Waals surface area contributed by atoms with Crippen molar-refractivity contribution in [2.24, 2.45) is 0 Å². The number of hydrogen-bond donors (Lipinski definition) is 2. The summed E-state index contributed by atoms with van der Waals surface area (Å²) in [4.78, 5) is 10.9. The van der Waals surface area contributed by atoms with Gasteiger partial charge in [0.1, 0.15) is 0 Å². The van der Waals surface area contributed by atoms with Gasteiger partial charge in [0, 0.05) is 5.69 Å². The first-order valence-corrected chi connectivity index (χ1v) is 7.20. The fourth-order valence-electron chi connectivity index (χ4n) is 2.12. The van der Waals surface area contributed by atoms with Crippen LogP contribution >= 0.6 is 23.2 Å². The molecule has 0 aliphatic heterocycles. The van der Waals surface area contributed by atoms with E-state index in [2.05, 4.69) is 5.32 Å². The zero-order valence-electron chi connectivity index (χ0n) is 11.7. The first kappa shape index (κ1) is 15.7. The minimum atomic E-state index is -0.935. The van der Waals surface area contributed by atoms with Crippen LogP contribution in [0.4, 0.5) is 5.69 Å². The third-order valence-corrected chi connectivity index (χ3v) is 4.13. The van der Waals surface area contributed by atoms with Gasteiger partial charge in [-0.05, 0) is 49.2 Å². The van der Waals surface area contributed by atoms with Crippen molar-refractivity contribution in [2.75, 3.05) is 5.32 Å². The van der Waals surface area contributed by atoms with Crippen LogP contribution in [0.3, 0.4) is 0 Å². The van der Waals surface area contributed by atoms with Gasteiger partial charge in [-0.2, -0.15) is 0 Å². The second-order valence-electron chi connectivity index (χ2n) is 4.84. The third-order valence-electron chi connectivity index (χ3n) is 3.29. The molecule has 0 aliphatic rings. The molecule has 2 aromatic rings. The van der Waals surface area contributed by atoms with Gasteiger partial charge in [-0.25, -0.2) is 4.79 Å². The summed E-state index contributed by atoms with van der Waals surface area (Å²) in [6, 6.07) is 10.4. The van der Waals surface area contributed by atoms with E-state index in [-0.39, 0.29) is 11.6 Å². The van der Waals surface area contributed by atoms with Gasteiger partial charge in [-0.1, -0.05) is 35.3 Å². The maximum atomic E-state index is 10.9. The first-order chi connectivity index (χ1) is 9.90. The Morgan fingerprint density at radius 1 is 1.24 bits per heavy atom. The highest BCUT2D eigenvalue weighted by Crippen LogP contribution is 2.32. The van der Waals surface area contributed by atoms with Crippen molar-refractivity contribution >= 4 is 34.9 Å². The second kappa shape index (κ2) is 6.37. The summed E-state index contributed by atoms with van der Waals surface area (Å²) in [6.07, 6.45) is 0. The lowest BCUT2D eigenvalue weighted by atomic mass is 10.1. The predicted molar refractivity (Wildman–Crippen MR) is 86.6 cm³/mol. The number of aryl methyl sites for hydroxylation is 1. The maximum absolute atomic E-state index is 10.9. The average molecular weight is 324 g/mol. The minimum absolute atomic E-state index is 0.0504. The van der Waals surface area contributed by atoms with E-state index in [0.29, 0.717) is 10.0 Å². The molecule has 0 saturated heterocycles. The fraction of sp³-hybridized carbons (Fsp3) is 0.188. The van der Waals surface area contributed by atoms with Crippen molar-refractivity contribution in [1.82, 2.24) is 0 Å². The number of halogens is 2. The normalized spacial score (nSPS) is 12.0. The van der Waals surface area contributed by atoms with Crippen LogP contribution in [-0.2, 0) is 0 Å². The Labute approximate surface area is 133 Å². The summed E-state index contributed by atoms with van der Waals surface area (Å²) < 4.78 is 0. The van der Waals surface area contributed by atoms with E-state index < -0.39 is 5.97 Å². The Hall–Kier alpha value is -1.71. The smallest absolute Gasteiger partial charge is 0.335 e. The Kier molecular flexibility index (Phi) is 4.76. The molecule has 0 radical (unpaired) electrons. The largest absolute Gasteiger partial charge is 0.478 e. The number of rotatable bonds is 4. The molecule has 21 heavy (non-hydrogen) atoms. The van der Waals surface area contributed by atoms with Crippen LogP contribution in [-0.4, -0.2) is 11.1 Å². The molecule has 5 heteroatoms. The maximum Gasteiger partial charge on any atom is 0.335 e. The summed E-state index contributed by atoms with van der Waals surface area (Å²) >= 11 is 12.2. The lowest BCUT2D eigenvalue weighted by Gasteiger charge is -2.19. The van der Waals surface area contributed by atoms with E-state index in [4.69, 9.17) is 28.3 Å². The topological polar surface area (TPSA) is 49.3 Å². The number of carboxylic acids is 1. The summed E-state index contributed by atoms with van der Waals surface area (Å²) in [5.74, 6) is -0.935. The van der Waals surface area contributed by atoms with Crippen molar-refractivity contribution in [3.8, 4) is 0 Å². The van der Waals surface area contributed by atoms with E-state index >= 15 is 0 Å². The molecule has 0 saturated carbocycles. The number of carboxylic acid groups (broad SMARTS) is 1. The Bertz CT molecular complexity index is 686. The third kappa shape index (κ3) is 3.49. The van der Waals surface area contributed by atoms with Crippen molar-refractivity contribution in [3.63, 3.8) is 0 Å². The zero-order chi connectivity index (χ0) is 15.6. The lowest BCUT2D eigenvalue weighted by Crippen LogP contribution is -2.09. The van der Waals surface area contributed by atoms with Crippen LogP contribution < -0.4 is 5.32 Å². The molecule has 0 amide bonds. The number of anilines is 1. The molecule has 2 N–H and O–H groups in total. The number of hydrogen-bond acceptors (Lipinski definition) is 2. The van der Waals surface area contributed by atoms with Crippen molar-refractivity contribution < 1.29 is 9.90 Å². The summed E-state index contributed by atoms with van der Waals surface area (Å²) in [7, 11) is 0. The molecule has 1 unspecified atom stereocenters. The van der Waals surface area contributed by atoms with Crippen LogP contribution in [0.15, 0.2) is 36.4 Å². The summed E-state index contributed by atoms with van der Waals surface area (Å²) in [6.45, 7) is 3.84. The van der Waals surface area contributed by atoms with E-state index in [0.717, 1.165) is 16.8 Å². The van der Waals surface area contributed by atoms with Crippen LogP contribution in [0.2, 0.25) is 10.0 Å².